The van der Waals surface area contributed by atoms with E-state index in [4.69, 9.17) is 16.3 Å². The van der Waals surface area contributed by atoms with Crippen LogP contribution >= 0.6 is 11.9 Å². The number of anilines is 4. The molecule has 0 aliphatic rings. The molecule has 0 aliphatic heterocycles. The fourth-order valence-electron chi connectivity index (χ4n) is 2.78. The molecule has 0 saturated heterocycles. The predicted molar refractivity (Wildman–Crippen MR) is 132 cm³/mol. The van der Waals surface area contributed by atoms with Gasteiger partial charge < -0.3 is 16.4 Å². The van der Waals surface area contributed by atoms with Gasteiger partial charge in [0.2, 0.25) is 17.8 Å². The van der Waals surface area contributed by atoms with Gasteiger partial charge in [-0.15, -0.1) is 0 Å². The largest absolute Gasteiger partial charge is 0.368 e. The van der Waals surface area contributed by atoms with Crippen LogP contribution in [-0.2, 0) is 20.2 Å². The van der Waals surface area contributed by atoms with Gasteiger partial charge in [-0.25, -0.2) is 0 Å². The minimum Gasteiger partial charge on any atom is -0.368 e. The molecule has 0 saturated carbocycles. The van der Waals surface area contributed by atoms with Crippen molar-refractivity contribution in [3.63, 3.8) is 0 Å². The second kappa shape index (κ2) is 11.3. The molecule has 18 heteroatoms. The van der Waals surface area contributed by atoms with E-state index < -0.39 is 35.7 Å². The van der Waals surface area contributed by atoms with Crippen LogP contribution in [0.15, 0.2) is 51.1 Å². The summed E-state index contributed by atoms with van der Waals surface area (Å²) < 4.78 is 68.0. The van der Waals surface area contributed by atoms with Gasteiger partial charge in [0.05, 0.1) is 21.7 Å². The predicted octanol–water partition coefficient (Wildman–Crippen LogP) is 1.14. The second-order valence-electron chi connectivity index (χ2n) is 6.93. The van der Waals surface area contributed by atoms with Gasteiger partial charge in [0.25, 0.3) is 20.2 Å². The van der Waals surface area contributed by atoms with Gasteiger partial charge in [-0.05, 0) is 48.3 Å². The molecule has 0 atom stereocenters. The van der Waals surface area contributed by atoms with E-state index in [2.05, 4.69) is 30.3 Å². The Kier molecular flexibility index (Phi) is 8.45. The first-order valence-corrected chi connectivity index (χ1v) is 13.6. The van der Waals surface area contributed by atoms with Gasteiger partial charge in [0, 0.05) is 18.0 Å². The molecule has 192 valence electrons. The Labute approximate surface area is 215 Å². The molecule has 0 fully saturated rings. The average molecular weight is 564 g/mol. The van der Waals surface area contributed by atoms with Crippen molar-refractivity contribution in [2.45, 2.75) is 14.7 Å². The van der Waals surface area contributed by atoms with Gasteiger partial charge >= 0.3 is 0 Å². The maximum absolute atomic E-state index is 11.7. The molecule has 3 rings (SSSR count). The zero-order valence-corrected chi connectivity index (χ0v) is 20.9. The first-order chi connectivity index (χ1) is 17.4. The van der Waals surface area contributed by atoms with E-state index in [1.165, 1.54) is 11.9 Å². The molecule has 3 aromatic rings. The molecule has 0 aliphatic carbocycles. The Hall–Kier alpha value is -4.04. The lowest BCUT2D eigenvalue weighted by molar-refractivity contribution is 0.479. The van der Waals surface area contributed by atoms with E-state index in [0.717, 1.165) is 18.2 Å². The minimum atomic E-state index is -4.79. The number of hydrogen-bond acceptors (Lipinski definition) is 14. The summed E-state index contributed by atoms with van der Waals surface area (Å²) in [5.74, 6) is -0.550. The third-order valence-electron chi connectivity index (χ3n) is 4.36. The molecular formula is C19H17N9O6S3. The van der Waals surface area contributed by atoms with Gasteiger partial charge in [0.15, 0.2) is 0 Å². The van der Waals surface area contributed by atoms with Gasteiger partial charge in [-0.2, -0.15) is 42.3 Å². The Morgan fingerprint density at radius 3 is 2.24 bits per heavy atom. The van der Waals surface area contributed by atoms with Crippen LogP contribution in [0.5, 0.6) is 0 Å². The number of nitrogens with two attached hydrogens (primary N) is 1. The topological polar surface area (TPSA) is 257 Å². The molecule has 0 bridgehead atoms. The highest BCUT2D eigenvalue weighted by Crippen LogP contribution is 2.27. The summed E-state index contributed by atoms with van der Waals surface area (Å²) in [5.41, 5.74) is 5.77. The molecule has 0 spiro atoms. The number of nitrogen functional groups attached to an aromatic ring is 1. The number of rotatable bonds is 10. The van der Waals surface area contributed by atoms with Crippen molar-refractivity contribution in [3.05, 3.63) is 47.5 Å². The lowest BCUT2D eigenvalue weighted by Gasteiger charge is -2.12. The maximum atomic E-state index is 11.7. The minimum absolute atomic E-state index is 0.00807. The number of nitriles is 2. The van der Waals surface area contributed by atoms with E-state index in [1.54, 1.807) is 18.2 Å². The molecule has 0 unspecified atom stereocenters. The zero-order chi connectivity index (χ0) is 27.2. The van der Waals surface area contributed by atoms with Crippen LogP contribution in [0.2, 0.25) is 0 Å². The van der Waals surface area contributed by atoms with E-state index in [9.17, 15) is 25.9 Å². The molecule has 7 N–H and O–H groups in total. The molecule has 0 amide bonds. The summed E-state index contributed by atoms with van der Waals surface area (Å²) in [7, 11) is -9.48. The standard InChI is InChI=1S/C19H17N9O6S3/c20-9-11-1-2-13(7-12(11)10-21)35-24-6-5-23-18-26-17(22)27-19(28-18)25-15-8-14(36(29,30)31)3-4-16(15)37(32,33)34/h1-4,7-8,24H,5-6H2,(H,29,30,31)(H,32,33,34)(H4,22,23,25,26,27,28). The van der Waals surface area contributed by atoms with Crippen molar-refractivity contribution >= 4 is 55.7 Å². The molecule has 37 heavy (non-hydrogen) atoms. The summed E-state index contributed by atoms with van der Waals surface area (Å²) >= 11 is 1.23. The summed E-state index contributed by atoms with van der Waals surface area (Å²) in [6.07, 6.45) is 0. The van der Waals surface area contributed by atoms with Crippen molar-refractivity contribution < 1.29 is 25.9 Å². The number of aromatic nitrogens is 3. The second-order valence-corrected chi connectivity index (χ2v) is 10.7. The Bertz CT molecular complexity index is 1630. The number of nitrogens with one attached hydrogen (secondary N) is 3. The fraction of sp³-hybridized carbons (Fsp3) is 0.105. The molecule has 1 aromatic heterocycles. The Balaban J connectivity index is 1.68. The molecule has 2 aromatic carbocycles. The Morgan fingerprint density at radius 1 is 0.892 bits per heavy atom. The van der Waals surface area contributed by atoms with Crippen LogP contribution in [0.3, 0.4) is 0 Å². The van der Waals surface area contributed by atoms with Crippen LogP contribution in [0, 0.1) is 22.7 Å². The van der Waals surface area contributed by atoms with Crippen molar-refractivity contribution in [2.24, 2.45) is 0 Å². The molecule has 0 radical (unpaired) electrons. The number of benzene rings is 2. The quantitative estimate of drug-likeness (QED) is 0.115. The van der Waals surface area contributed by atoms with Crippen LogP contribution in [-0.4, -0.2) is 54.0 Å². The highest BCUT2D eigenvalue weighted by molar-refractivity contribution is 7.97. The Morgan fingerprint density at radius 2 is 1.59 bits per heavy atom. The third-order valence-corrected chi connectivity index (χ3v) is 6.96. The van der Waals surface area contributed by atoms with Gasteiger partial charge in [-0.1, -0.05) is 0 Å². The molecule has 15 nitrogen and oxygen atoms in total. The van der Waals surface area contributed by atoms with E-state index in [-0.39, 0.29) is 35.5 Å². The van der Waals surface area contributed by atoms with E-state index in [1.807, 2.05) is 12.1 Å². The first-order valence-electron chi connectivity index (χ1n) is 9.86. The van der Waals surface area contributed by atoms with Crippen molar-refractivity contribution in [1.82, 2.24) is 19.7 Å². The SMILES string of the molecule is N#Cc1ccc(SNCCNc2nc(N)nc(Nc3cc(S(=O)(=O)O)ccc3S(=O)(=O)O)n2)cc1C#N. The van der Waals surface area contributed by atoms with Gasteiger partial charge in [0.1, 0.15) is 17.0 Å². The zero-order valence-electron chi connectivity index (χ0n) is 18.4. The third kappa shape index (κ3) is 7.47. The van der Waals surface area contributed by atoms with Crippen LogP contribution in [0.4, 0.5) is 23.5 Å². The van der Waals surface area contributed by atoms with Crippen molar-refractivity contribution in [3.8, 4) is 12.1 Å². The number of hydrogen-bond donors (Lipinski definition) is 6. The lowest BCUT2D eigenvalue weighted by atomic mass is 10.1. The smallest absolute Gasteiger partial charge is 0.296 e. The monoisotopic (exact) mass is 563 g/mol. The fourth-order valence-corrected chi connectivity index (χ4v) is 4.59. The summed E-state index contributed by atoms with van der Waals surface area (Å²) in [4.78, 5) is 11.1. The van der Waals surface area contributed by atoms with Crippen LogP contribution in [0.25, 0.3) is 0 Å². The summed E-state index contributed by atoms with van der Waals surface area (Å²) in [5, 5.41) is 23.4. The first kappa shape index (κ1) is 27.5. The van der Waals surface area contributed by atoms with Crippen molar-refractivity contribution in [1.29, 1.82) is 10.5 Å². The number of nitrogens with zero attached hydrogens (tertiary/aromatic N) is 5. The highest BCUT2D eigenvalue weighted by atomic mass is 32.2. The highest BCUT2D eigenvalue weighted by Gasteiger charge is 2.21. The maximum Gasteiger partial charge on any atom is 0.296 e. The normalized spacial score (nSPS) is 11.4. The van der Waals surface area contributed by atoms with Crippen LogP contribution < -0.4 is 21.1 Å². The summed E-state index contributed by atoms with van der Waals surface area (Å²) in [6.45, 7) is 0.663. The van der Waals surface area contributed by atoms with E-state index in [0.29, 0.717) is 11.4 Å². The van der Waals surface area contributed by atoms with Crippen molar-refractivity contribution in [2.75, 3.05) is 29.5 Å². The molecular weight excluding hydrogens is 546 g/mol. The van der Waals surface area contributed by atoms with Crippen LogP contribution in [0.1, 0.15) is 11.1 Å². The van der Waals surface area contributed by atoms with Gasteiger partial charge in [-0.3, -0.25) is 13.8 Å². The lowest BCUT2D eigenvalue weighted by Crippen LogP contribution is -2.18. The summed E-state index contributed by atoms with van der Waals surface area (Å²) in [6, 6.07) is 11.0. The molecule has 1 heterocycles. The van der Waals surface area contributed by atoms with E-state index >= 15 is 0 Å². The average Bonchev–Trinajstić information content (AvgIpc) is 2.82.